The van der Waals surface area contributed by atoms with E-state index in [1.165, 1.54) is 0 Å². The second kappa shape index (κ2) is 8.24. The number of furan rings is 1. The Kier molecular flexibility index (Phi) is 5.57. The summed E-state index contributed by atoms with van der Waals surface area (Å²) in [5.74, 6) is 1.69. The summed E-state index contributed by atoms with van der Waals surface area (Å²) in [5, 5.41) is 2.97. The van der Waals surface area contributed by atoms with Gasteiger partial charge in [0.25, 0.3) is 0 Å². The van der Waals surface area contributed by atoms with Gasteiger partial charge in [-0.1, -0.05) is 12.1 Å². The van der Waals surface area contributed by atoms with Gasteiger partial charge in [-0.15, -0.1) is 0 Å². The summed E-state index contributed by atoms with van der Waals surface area (Å²) in [6, 6.07) is 15.5. The third-order valence-electron chi connectivity index (χ3n) is 4.14. The lowest BCUT2D eigenvalue weighted by molar-refractivity contribution is -0.121. The fourth-order valence-electron chi connectivity index (χ4n) is 2.80. The molecule has 1 N–H and O–H groups in total. The molecule has 0 saturated carbocycles. The second-order valence-corrected chi connectivity index (χ2v) is 5.80. The number of benzene rings is 1. The minimum absolute atomic E-state index is 0.0149. The summed E-state index contributed by atoms with van der Waals surface area (Å²) in [6.45, 7) is 0.563. The minimum atomic E-state index is -0.0514. The molecule has 1 atom stereocenters. The highest BCUT2D eigenvalue weighted by atomic mass is 16.5. The van der Waals surface area contributed by atoms with Crippen LogP contribution in [0.1, 0.15) is 23.8 Å². The average molecular weight is 338 g/mol. The molecule has 1 unspecified atom stereocenters. The summed E-state index contributed by atoms with van der Waals surface area (Å²) in [4.78, 5) is 12.4. The van der Waals surface area contributed by atoms with Gasteiger partial charge in [-0.05, 0) is 42.0 Å². The van der Waals surface area contributed by atoms with E-state index in [-0.39, 0.29) is 11.9 Å². The van der Waals surface area contributed by atoms with Gasteiger partial charge in [0.2, 0.25) is 5.91 Å². The van der Waals surface area contributed by atoms with Crippen molar-refractivity contribution >= 4 is 5.91 Å². The normalized spacial score (nSPS) is 11.9. The van der Waals surface area contributed by atoms with Crippen molar-refractivity contribution in [3.63, 3.8) is 0 Å². The average Bonchev–Trinajstić information content (AvgIpc) is 3.34. The molecule has 1 aromatic carbocycles. The molecule has 0 aliphatic heterocycles. The van der Waals surface area contributed by atoms with Gasteiger partial charge in [0.15, 0.2) is 0 Å². The van der Waals surface area contributed by atoms with Crippen molar-refractivity contribution in [3.05, 3.63) is 78.5 Å². The Labute approximate surface area is 147 Å². The molecule has 25 heavy (non-hydrogen) atoms. The molecule has 2 aromatic heterocycles. The number of nitrogens with one attached hydrogen (secondary N) is 1. The van der Waals surface area contributed by atoms with E-state index in [4.69, 9.17) is 9.15 Å². The van der Waals surface area contributed by atoms with Crippen LogP contribution in [-0.2, 0) is 11.2 Å². The maximum atomic E-state index is 12.4. The van der Waals surface area contributed by atoms with Gasteiger partial charge in [-0.25, -0.2) is 0 Å². The lowest BCUT2D eigenvalue weighted by Crippen LogP contribution is -2.28. The molecular weight excluding hydrogens is 316 g/mol. The zero-order chi connectivity index (χ0) is 17.5. The smallest absolute Gasteiger partial charge is 0.222 e. The number of hydrogen-bond donors (Lipinski definition) is 1. The van der Waals surface area contributed by atoms with Crippen molar-refractivity contribution < 1.29 is 13.9 Å². The number of nitrogens with zero attached hydrogens (tertiary/aromatic N) is 1. The van der Waals surface area contributed by atoms with Gasteiger partial charge < -0.3 is 19.0 Å². The van der Waals surface area contributed by atoms with Crippen LogP contribution in [0.15, 0.2) is 71.6 Å². The van der Waals surface area contributed by atoms with Crippen molar-refractivity contribution in [3.8, 4) is 5.75 Å². The lowest BCUT2D eigenvalue weighted by atomic mass is 10.0. The monoisotopic (exact) mass is 338 g/mol. The highest BCUT2D eigenvalue weighted by molar-refractivity contribution is 5.76. The van der Waals surface area contributed by atoms with E-state index < -0.39 is 0 Å². The van der Waals surface area contributed by atoms with Crippen LogP contribution in [0.4, 0.5) is 0 Å². The molecule has 5 nitrogen and oxygen atoms in total. The zero-order valence-electron chi connectivity index (χ0n) is 14.2. The highest BCUT2D eigenvalue weighted by Gasteiger charge is 2.17. The number of rotatable bonds is 8. The first kappa shape index (κ1) is 16.9. The number of carbonyl (C=O) groups is 1. The topological polar surface area (TPSA) is 56.4 Å². The molecule has 0 saturated heterocycles. The largest absolute Gasteiger partial charge is 0.497 e. The molecule has 0 aliphatic rings. The molecule has 1 amide bonds. The third kappa shape index (κ3) is 4.53. The number of aromatic nitrogens is 1. The van der Waals surface area contributed by atoms with E-state index in [2.05, 4.69) is 5.32 Å². The minimum Gasteiger partial charge on any atom is -0.497 e. The van der Waals surface area contributed by atoms with Crippen molar-refractivity contribution in [1.82, 2.24) is 9.88 Å². The summed E-state index contributed by atoms with van der Waals surface area (Å²) in [7, 11) is 1.64. The maximum absolute atomic E-state index is 12.4. The Morgan fingerprint density at radius 3 is 2.56 bits per heavy atom. The molecule has 3 rings (SSSR count). The molecule has 5 heteroatoms. The molecule has 0 radical (unpaired) electrons. The van der Waals surface area contributed by atoms with E-state index in [1.807, 2.05) is 65.5 Å². The van der Waals surface area contributed by atoms with Gasteiger partial charge in [0.05, 0.1) is 25.8 Å². The SMILES string of the molecule is COc1ccc(C(CC(=O)NCCc2ccco2)n2cccc2)cc1. The van der Waals surface area contributed by atoms with Crippen LogP contribution in [0, 0.1) is 0 Å². The fraction of sp³-hybridized carbons (Fsp3) is 0.250. The van der Waals surface area contributed by atoms with Crippen LogP contribution in [-0.4, -0.2) is 24.1 Å². The second-order valence-electron chi connectivity index (χ2n) is 5.80. The number of methoxy groups -OCH3 is 1. The summed E-state index contributed by atoms with van der Waals surface area (Å²) in [6.07, 6.45) is 6.66. The van der Waals surface area contributed by atoms with Crippen molar-refractivity contribution in [2.24, 2.45) is 0 Å². The first-order valence-corrected chi connectivity index (χ1v) is 8.32. The van der Waals surface area contributed by atoms with E-state index in [0.717, 1.165) is 17.1 Å². The van der Waals surface area contributed by atoms with E-state index >= 15 is 0 Å². The summed E-state index contributed by atoms with van der Waals surface area (Å²) >= 11 is 0. The molecule has 3 aromatic rings. The molecule has 130 valence electrons. The molecule has 0 aliphatic carbocycles. The van der Waals surface area contributed by atoms with E-state index in [0.29, 0.717) is 19.4 Å². The van der Waals surface area contributed by atoms with Crippen molar-refractivity contribution in [2.75, 3.05) is 13.7 Å². The maximum Gasteiger partial charge on any atom is 0.222 e. The number of carbonyl (C=O) groups excluding carboxylic acids is 1. The van der Waals surface area contributed by atoms with Gasteiger partial charge in [-0.3, -0.25) is 4.79 Å². The first-order valence-electron chi connectivity index (χ1n) is 8.32. The quantitative estimate of drug-likeness (QED) is 0.685. The molecule has 0 spiro atoms. The van der Waals surface area contributed by atoms with Crippen LogP contribution in [0.2, 0.25) is 0 Å². The Morgan fingerprint density at radius 2 is 1.92 bits per heavy atom. The van der Waals surface area contributed by atoms with Crippen LogP contribution in [0.25, 0.3) is 0 Å². The first-order chi connectivity index (χ1) is 12.3. The van der Waals surface area contributed by atoms with Gasteiger partial charge >= 0.3 is 0 Å². The molecule has 2 heterocycles. The Morgan fingerprint density at radius 1 is 1.16 bits per heavy atom. The molecule has 0 fully saturated rings. The summed E-state index contributed by atoms with van der Waals surface area (Å²) in [5.41, 5.74) is 1.07. The van der Waals surface area contributed by atoms with Gasteiger partial charge in [0, 0.05) is 25.4 Å². The number of ether oxygens (including phenoxy) is 1. The lowest BCUT2D eigenvalue weighted by Gasteiger charge is -2.19. The predicted molar refractivity (Wildman–Crippen MR) is 95.6 cm³/mol. The standard InChI is InChI=1S/C20H22N2O3/c1-24-17-8-6-16(7-9-17)19(22-12-2-3-13-22)15-20(23)21-11-10-18-5-4-14-25-18/h2-9,12-14,19H,10-11,15H2,1H3,(H,21,23). The van der Waals surface area contributed by atoms with Crippen LogP contribution >= 0.6 is 0 Å². The van der Waals surface area contributed by atoms with Crippen molar-refractivity contribution in [1.29, 1.82) is 0 Å². The number of amides is 1. The van der Waals surface area contributed by atoms with Crippen molar-refractivity contribution in [2.45, 2.75) is 18.9 Å². The Balaban J connectivity index is 1.64. The van der Waals surface area contributed by atoms with Gasteiger partial charge in [0.1, 0.15) is 11.5 Å². The van der Waals surface area contributed by atoms with Crippen LogP contribution in [0.3, 0.4) is 0 Å². The van der Waals surface area contributed by atoms with Gasteiger partial charge in [-0.2, -0.15) is 0 Å². The predicted octanol–water partition coefficient (Wildman–Crippen LogP) is 3.43. The Bertz CT molecular complexity index is 762. The van der Waals surface area contributed by atoms with E-state index in [9.17, 15) is 4.79 Å². The molecule has 0 bridgehead atoms. The fourth-order valence-corrected chi connectivity index (χ4v) is 2.80. The number of hydrogen-bond acceptors (Lipinski definition) is 3. The zero-order valence-corrected chi connectivity index (χ0v) is 14.2. The third-order valence-corrected chi connectivity index (χ3v) is 4.14. The van der Waals surface area contributed by atoms with Crippen LogP contribution < -0.4 is 10.1 Å². The summed E-state index contributed by atoms with van der Waals surface area (Å²) < 4.78 is 12.5. The Hall–Kier alpha value is -2.95. The molecular formula is C20H22N2O3. The van der Waals surface area contributed by atoms with E-state index in [1.54, 1.807) is 13.4 Å². The van der Waals surface area contributed by atoms with Crippen LogP contribution in [0.5, 0.6) is 5.75 Å². The highest BCUT2D eigenvalue weighted by Crippen LogP contribution is 2.24.